The number of hydroxylamine groups is 1. The highest BCUT2D eigenvalue weighted by molar-refractivity contribution is 6.04. The zero-order chi connectivity index (χ0) is 26.9. The fourth-order valence-electron chi connectivity index (χ4n) is 4.41. The smallest absolute Gasteiger partial charge is 0.274 e. The summed E-state index contributed by atoms with van der Waals surface area (Å²) in [5.41, 5.74) is 7.58. The maximum atomic E-state index is 12.6. The highest BCUT2D eigenvalue weighted by Gasteiger charge is 2.25. The second kappa shape index (κ2) is 12.8. The Morgan fingerprint density at radius 2 is 1.46 bits per heavy atom. The number of carbonyl (C=O) groups is 2. The summed E-state index contributed by atoms with van der Waals surface area (Å²) < 4.78 is 5.86. The minimum absolute atomic E-state index is 0.0736. The Kier molecular flexibility index (Phi) is 8.51. The van der Waals surface area contributed by atoms with Crippen LogP contribution >= 0.6 is 0 Å². The van der Waals surface area contributed by atoms with Crippen molar-refractivity contribution in [3.63, 3.8) is 0 Å². The molecule has 198 valence electrons. The highest BCUT2D eigenvalue weighted by Crippen LogP contribution is 2.29. The molecule has 2 amide bonds. The molecule has 1 atom stereocenters. The van der Waals surface area contributed by atoms with Crippen molar-refractivity contribution in [2.45, 2.75) is 38.5 Å². The summed E-state index contributed by atoms with van der Waals surface area (Å²) in [6.07, 6.45) is 2.34. The van der Waals surface area contributed by atoms with Crippen LogP contribution in [0.4, 0.5) is 11.4 Å². The average molecular weight is 522 g/mol. The van der Waals surface area contributed by atoms with E-state index in [4.69, 9.17) is 9.57 Å². The van der Waals surface area contributed by atoms with Crippen LogP contribution < -0.4 is 20.9 Å². The van der Waals surface area contributed by atoms with E-state index in [9.17, 15) is 9.59 Å². The Hall–Kier alpha value is -4.62. The number of hydrogen-bond acceptors (Lipinski definition) is 5. The van der Waals surface area contributed by atoms with E-state index < -0.39 is 0 Å². The van der Waals surface area contributed by atoms with Crippen molar-refractivity contribution in [2.24, 2.45) is 0 Å². The molecule has 0 spiro atoms. The molecule has 0 saturated heterocycles. The molecule has 3 N–H and O–H groups in total. The molecule has 0 saturated carbocycles. The summed E-state index contributed by atoms with van der Waals surface area (Å²) in [5, 5.41) is 6.24. The van der Waals surface area contributed by atoms with Gasteiger partial charge in [-0.15, -0.1) is 0 Å². The summed E-state index contributed by atoms with van der Waals surface area (Å²) in [5.74, 6) is 0.411. The standard InChI is InChI=1S/C32H31N3O4/c36-31(35-39-22-25-10-5-2-6-11-25)26-16-19-28-30(20-26)33-29(32(37)34-28)13-7-12-23-14-17-27(18-15-23)38-21-24-8-3-1-4-9-24/h1-6,8-11,14-20,29,33H,7,12-13,21-22H2,(H,34,37)(H,35,36). The maximum Gasteiger partial charge on any atom is 0.274 e. The van der Waals surface area contributed by atoms with E-state index in [-0.39, 0.29) is 24.5 Å². The van der Waals surface area contributed by atoms with Crippen molar-refractivity contribution in [2.75, 3.05) is 10.6 Å². The summed E-state index contributed by atoms with van der Waals surface area (Å²) in [6, 6.07) is 32.5. The zero-order valence-corrected chi connectivity index (χ0v) is 21.6. The fraction of sp³-hybridized carbons (Fsp3) is 0.188. The van der Waals surface area contributed by atoms with Crippen LogP contribution in [0, 0.1) is 0 Å². The van der Waals surface area contributed by atoms with Gasteiger partial charge in [0.05, 0.1) is 18.0 Å². The van der Waals surface area contributed by atoms with Gasteiger partial charge in [-0.25, -0.2) is 5.48 Å². The van der Waals surface area contributed by atoms with Gasteiger partial charge < -0.3 is 15.4 Å². The normalized spacial score (nSPS) is 14.1. The van der Waals surface area contributed by atoms with Crippen LogP contribution in [-0.2, 0) is 29.3 Å². The second-order valence-electron chi connectivity index (χ2n) is 9.46. The number of fused-ring (bicyclic) bond motifs is 1. The minimum atomic E-state index is -0.376. The lowest BCUT2D eigenvalue weighted by atomic mass is 10.0. The van der Waals surface area contributed by atoms with Gasteiger partial charge in [0.1, 0.15) is 18.4 Å². The van der Waals surface area contributed by atoms with Gasteiger partial charge in [-0.3, -0.25) is 14.4 Å². The third-order valence-corrected chi connectivity index (χ3v) is 6.56. The quantitative estimate of drug-likeness (QED) is 0.215. The first-order valence-corrected chi connectivity index (χ1v) is 13.1. The molecule has 1 aliphatic rings. The zero-order valence-electron chi connectivity index (χ0n) is 21.6. The Balaban J connectivity index is 1.09. The second-order valence-corrected chi connectivity index (χ2v) is 9.46. The molecule has 4 aromatic rings. The number of nitrogens with one attached hydrogen (secondary N) is 3. The predicted molar refractivity (Wildman–Crippen MR) is 151 cm³/mol. The molecule has 1 heterocycles. The molecule has 39 heavy (non-hydrogen) atoms. The monoisotopic (exact) mass is 521 g/mol. The van der Waals surface area contributed by atoms with Crippen molar-refractivity contribution < 1.29 is 19.2 Å². The number of carbonyl (C=O) groups excluding carboxylic acids is 2. The van der Waals surface area contributed by atoms with Gasteiger partial charge in [0.25, 0.3) is 5.91 Å². The lowest BCUT2D eigenvalue weighted by Crippen LogP contribution is -2.39. The van der Waals surface area contributed by atoms with Crippen molar-refractivity contribution in [1.82, 2.24) is 5.48 Å². The van der Waals surface area contributed by atoms with E-state index in [0.29, 0.717) is 24.3 Å². The van der Waals surface area contributed by atoms with Gasteiger partial charge in [-0.05, 0) is 66.3 Å². The van der Waals surface area contributed by atoms with Crippen LogP contribution in [-0.4, -0.2) is 17.9 Å². The van der Waals surface area contributed by atoms with Crippen LogP contribution in [0.5, 0.6) is 5.75 Å². The molecule has 0 aliphatic carbocycles. The van der Waals surface area contributed by atoms with Gasteiger partial charge in [0, 0.05) is 5.56 Å². The average Bonchev–Trinajstić information content (AvgIpc) is 2.98. The lowest BCUT2D eigenvalue weighted by molar-refractivity contribution is -0.117. The highest BCUT2D eigenvalue weighted by atomic mass is 16.6. The van der Waals surface area contributed by atoms with Crippen molar-refractivity contribution >= 4 is 23.2 Å². The first-order valence-electron chi connectivity index (χ1n) is 13.1. The molecule has 0 bridgehead atoms. The molecule has 1 aliphatic heterocycles. The molecule has 5 rings (SSSR count). The van der Waals surface area contributed by atoms with E-state index in [2.05, 4.69) is 28.2 Å². The number of hydrogen-bond donors (Lipinski definition) is 3. The van der Waals surface area contributed by atoms with Crippen LogP contribution in [0.15, 0.2) is 103 Å². The molecule has 0 aromatic heterocycles. The van der Waals surface area contributed by atoms with Gasteiger partial charge >= 0.3 is 0 Å². The summed E-state index contributed by atoms with van der Waals surface area (Å²) in [6.45, 7) is 0.811. The van der Waals surface area contributed by atoms with Crippen molar-refractivity contribution in [3.05, 3.63) is 125 Å². The van der Waals surface area contributed by atoms with Gasteiger partial charge in [-0.2, -0.15) is 0 Å². The van der Waals surface area contributed by atoms with E-state index >= 15 is 0 Å². The predicted octanol–water partition coefficient (Wildman–Crippen LogP) is 5.88. The van der Waals surface area contributed by atoms with Gasteiger partial charge in [0.2, 0.25) is 5.91 Å². The Morgan fingerprint density at radius 3 is 2.18 bits per heavy atom. The van der Waals surface area contributed by atoms with Gasteiger partial charge in [0.15, 0.2) is 0 Å². The minimum Gasteiger partial charge on any atom is -0.489 e. The molecular weight excluding hydrogens is 490 g/mol. The number of aryl methyl sites for hydroxylation is 1. The largest absolute Gasteiger partial charge is 0.489 e. The maximum absolute atomic E-state index is 12.6. The van der Waals surface area contributed by atoms with E-state index in [0.717, 1.165) is 35.4 Å². The fourth-order valence-corrected chi connectivity index (χ4v) is 4.41. The molecule has 7 heteroatoms. The molecule has 4 aromatic carbocycles. The number of anilines is 2. The lowest BCUT2D eigenvalue weighted by Gasteiger charge is -2.27. The Labute approximate surface area is 228 Å². The molecular formula is C32H31N3O4. The number of amides is 2. The van der Waals surface area contributed by atoms with Crippen LogP contribution in [0.3, 0.4) is 0 Å². The Bertz CT molecular complexity index is 1390. The number of ether oxygens (including phenoxy) is 1. The van der Waals surface area contributed by atoms with E-state index in [1.54, 1.807) is 18.2 Å². The molecule has 1 unspecified atom stereocenters. The molecule has 7 nitrogen and oxygen atoms in total. The third-order valence-electron chi connectivity index (χ3n) is 6.56. The van der Waals surface area contributed by atoms with E-state index in [1.165, 1.54) is 5.56 Å². The molecule has 0 radical (unpaired) electrons. The number of rotatable bonds is 11. The number of benzene rings is 4. The summed E-state index contributed by atoms with van der Waals surface area (Å²) in [4.78, 5) is 30.6. The SMILES string of the molecule is O=C(NOCc1ccccc1)c1ccc2c(c1)NC(CCCc1ccc(OCc3ccccc3)cc1)C(=O)N2. The van der Waals surface area contributed by atoms with Gasteiger partial charge in [-0.1, -0.05) is 72.8 Å². The first kappa shape index (κ1) is 26.0. The topological polar surface area (TPSA) is 88.7 Å². The summed E-state index contributed by atoms with van der Waals surface area (Å²) >= 11 is 0. The van der Waals surface area contributed by atoms with Crippen LogP contribution in [0.25, 0.3) is 0 Å². The van der Waals surface area contributed by atoms with Crippen molar-refractivity contribution in [3.8, 4) is 5.75 Å². The molecule has 0 fully saturated rings. The van der Waals surface area contributed by atoms with Crippen molar-refractivity contribution in [1.29, 1.82) is 0 Å². The summed E-state index contributed by atoms with van der Waals surface area (Å²) in [7, 11) is 0. The Morgan fingerprint density at radius 1 is 0.769 bits per heavy atom. The van der Waals surface area contributed by atoms with E-state index in [1.807, 2.05) is 72.8 Å². The van der Waals surface area contributed by atoms with Crippen LogP contribution in [0.2, 0.25) is 0 Å². The van der Waals surface area contributed by atoms with Crippen LogP contribution in [0.1, 0.15) is 39.9 Å². The first-order chi connectivity index (χ1) is 19.1. The third kappa shape index (κ3) is 7.24.